The number of pyridine rings is 1. The zero-order chi connectivity index (χ0) is 17.3. The van der Waals surface area contributed by atoms with Crippen LogP contribution in [-0.2, 0) is 17.8 Å². The first kappa shape index (κ1) is 16.5. The molecule has 5 nitrogen and oxygen atoms in total. The van der Waals surface area contributed by atoms with E-state index in [9.17, 15) is 9.90 Å². The SMILES string of the molecule is CC(C)(C)OC(=O)N1CCc2c(-c3cc(CO)ccn3)cccc21. The molecule has 24 heavy (non-hydrogen) atoms. The van der Waals surface area contributed by atoms with E-state index in [1.165, 1.54) is 0 Å². The van der Waals surface area contributed by atoms with Crippen molar-refractivity contribution < 1.29 is 14.6 Å². The van der Waals surface area contributed by atoms with Crippen molar-refractivity contribution in [3.63, 3.8) is 0 Å². The van der Waals surface area contributed by atoms with Gasteiger partial charge in [0, 0.05) is 18.3 Å². The Morgan fingerprint density at radius 2 is 2.12 bits per heavy atom. The predicted octanol–water partition coefficient (Wildman–Crippen LogP) is 3.54. The molecule has 2 heterocycles. The fourth-order valence-corrected chi connectivity index (χ4v) is 2.90. The summed E-state index contributed by atoms with van der Waals surface area (Å²) in [5.41, 5.74) is 4.07. The van der Waals surface area contributed by atoms with Crippen LogP contribution in [0.25, 0.3) is 11.3 Å². The van der Waals surface area contributed by atoms with Gasteiger partial charge in [0.05, 0.1) is 18.0 Å². The van der Waals surface area contributed by atoms with E-state index in [-0.39, 0.29) is 12.7 Å². The van der Waals surface area contributed by atoms with Gasteiger partial charge in [-0.25, -0.2) is 4.79 Å². The molecule has 0 spiro atoms. The van der Waals surface area contributed by atoms with Gasteiger partial charge in [-0.1, -0.05) is 12.1 Å². The maximum absolute atomic E-state index is 12.4. The summed E-state index contributed by atoms with van der Waals surface area (Å²) in [5.74, 6) is 0. The van der Waals surface area contributed by atoms with Crippen molar-refractivity contribution in [1.29, 1.82) is 0 Å². The van der Waals surface area contributed by atoms with Crippen LogP contribution >= 0.6 is 0 Å². The van der Waals surface area contributed by atoms with Gasteiger partial charge in [0.2, 0.25) is 0 Å². The molecule has 2 aromatic rings. The van der Waals surface area contributed by atoms with Crippen LogP contribution in [0.3, 0.4) is 0 Å². The van der Waals surface area contributed by atoms with Crippen LogP contribution in [0.5, 0.6) is 0 Å². The minimum atomic E-state index is -0.519. The van der Waals surface area contributed by atoms with Crippen molar-refractivity contribution in [3.05, 3.63) is 47.7 Å². The number of carbonyl (C=O) groups is 1. The number of hydrogen-bond acceptors (Lipinski definition) is 4. The van der Waals surface area contributed by atoms with Gasteiger partial charge in [0.25, 0.3) is 0 Å². The Hall–Kier alpha value is -2.40. The smallest absolute Gasteiger partial charge is 0.414 e. The number of anilines is 1. The largest absolute Gasteiger partial charge is 0.443 e. The van der Waals surface area contributed by atoms with E-state index >= 15 is 0 Å². The number of aliphatic hydroxyl groups is 1. The van der Waals surface area contributed by atoms with Crippen LogP contribution in [0.2, 0.25) is 0 Å². The first-order valence-electron chi connectivity index (χ1n) is 8.07. The van der Waals surface area contributed by atoms with Gasteiger partial charge in [-0.15, -0.1) is 0 Å². The second kappa shape index (κ2) is 6.24. The third-order valence-corrected chi connectivity index (χ3v) is 3.92. The fraction of sp³-hybridized carbons (Fsp3) is 0.368. The lowest BCUT2D eigenvalue weighted by molar-refractivity contribution is 0.0584. The summed E-state index contributed by atoms with van der Waals surface area (Å²) in [5, 5.41) is 9.33. The van der Waals surface area contributed by atoms with Crippen LogP contribution in [0, 0.1) is 0 Å². The number of fused-ring (bicyclic) bond motifs is 1. The number of benzene rings is 1. The summed E-state index contributed by atoms with van der Waals surface area (Å²) in [6, 6.07) is 9.53. The number of nitrogens with zero attached hydrogens (tertiary/aromatic N) is 2. The molecule has 0 aliphatic carbocycles. The normalized spacial score (nSPS) is 13.8. The van der Waals surface area contributed by atoms with Gasteiger partial charge in [-0.05, 0) is 56.5 Å². The van der Waals surface area contributed by atoms with Crippen LogP contribution in [0.15, 0.2) is 36.5 Å². The number of hydrogen-bond donors (Lipinski definition) is 1. The third kappa shape index (κ3) is 3.26. The van der Waals surface area contributed by atoms with Gasteiger partial charge >= 0.3 is 6.09 Å². The highest BCUT2D eigenvalue weighted by molar-refractivity contribution is 5.92. The zero-order valence-electron chi connectivity index (χ0n) is 14.2. The standard InChI is InChI=1S/C19H22N2O3/c1-19(2,3)24-18(23)21-10-8-15-14(5-4-6-17(15)21)16-11-13(12-22)7-9-20-16/h4-7,9,11,22H,8,10,12H2,1-3H3. The number of amides is 1. The van der Waals surface area contributed by atoms with E-state index in [4.69, 9.17) is 4.74 Å². The molecule has 3 rings (SSSR count). The van der Waals surface area contributed by atoms with Crippen LogP contribution in [0.4, 0.5) is 10.5 Å². The molecule has 0 atom stereocenters. The van der Waals surface area contributed by atoms with Crippen molar-refractivity contribution in [1.82, 2.24) is 4.98 Å². The molecule has 126 valence electrons. The number of ether oxygens (including phenoxy) is 1. The number of aromatic nitrogens is 1. The highest BCUT2D eigenvalue weighted by Crippen LogP contribution is 2.36. The van der Waals surface area contributed by atoms with Crippen molar-refractivity contribution in [2.75, 3.05) is 11.4 Å². The van der Waals surface area contributed by atoms with E-state index in [0.717, 1.165) is 34.5 Å². The average molecular weight is 326 g/mol. The van der Waals surface area contributed by atoms with Crippen LogP contribution < -0.4 is 4.90 Å². The molecule has 0 saturated heterocycles. The molecule has 0 bridgehead atoms. The van der Waals surface area contributed by atoms with Gasteiger partial charge < -0.3 is 9.84 Å². The molecule has 0 unspecified atom stereocenters. The molecule has 0 fully saturated rings. The van der Waals surface area contributed by atoms with Gasteiger partial charge in [-0.2, -0.15) is 0 Å². The number of aliphatic hydroxyl groups excluding tert-OH is 1. The number of carbonyl (C=O) groups excluding carboxylic acids is 1. The monoisotopic (exact) mass is 326 g/mol. The molecule has 1 N–H and O–H groups in total. The van der Waals surface area contributed by atoms with Crippen molar-refractivity contribution in [2.24, 2.45) is 0 Å². The average Bonchev–Trinajstić information content (AvgIpc) is 2.97. The second-order valence-electron chi connectivity index (χ2n) is 6.89. The second-order valence-corrected chi connectivity index (χ2v) is 6.89. The highest BCUT2D eigenvalue weighted by atomic mass is 16.6. The molecular formula is C19H22N2O3. The van der Waals surface area contributed by atoms with Crippen molar-refractivity contribution in [2.45, 2.75) is 39.4 Å². The Kier molecular flexibility index (Phi) is 4.28. The predicted molar refractivity (Wildman–Crippen MR) is 92.9 cm³/mol. The van der Waals surface area contributed by atoms with Crippen LogP contribution in [0.1, 0.15) is 31.9 Å². The first-order chi connectivity index (χ1) is 11.4. The maximum atomic E-state index is 12.4. The lowest BCUT2D eigenvalue weighted by Crippen LogP contribution is -2.35. The van der Waals surface area contributed by atoms with E-state index < -0.39 is 5.60 Å². The summed E-state index contributed by atoms with van der Waals surface area (Å²) in [4.78, 5) is 18.5. The summed E-state index contributed by atoms with van der Waals surface area (Å²) in [6.07, 6.45) is 2.13. The molecule has 5 heteroatoms. The van der Waals surface area contributed by atoms with E-state index in [2.05, 4.69) is 4.98 Å². The molecule has 1 aliphatic rings. The molecule has 1 aromatic heterocycles. The Bertz CT molecular complexity index is 765. The van der Waals surface area contributed by atoms with Gasteiger partial charge in [0.1, 0.15) is 5.60 Å². The summed E-state index contributed by atoms with van der Waals surface area (Å²) in [7, 11) is 0. The fourth-order valence-electron chi connectivity index (χ4n) is 2.90. The first-order valence-corrected chi connectivity index (χ1v) is 8.07. The highest BCUT2D eigenvalue weighted by Gasteiger charge is 2.30. The lowest BCUT2D eigenvalue weighted by atomic mass is 10.0. The summed E-state index contributed by atoms with van der Waals surface area (Å²) >= 11 is 0. The van der Waals surface area contributed by atoms with E-state index in [0.29, 0.717) is 6.54 Å². The zero-order valence-corrected chi connectivity index (χ0v) is 14.2. The number of rotatable bonds is 2. The Labute approximate surface area is 141 Å². The Morgan fingerprint density at radius 1 is 1.33 bits per heavy atom. The topological polar surface area (TPSA) is 62.7 Å². The summed E-state index contributed by atoms with van der Waals surface area (Å²) in [6.45, 7) is 6.17. The molecule has 1 aliphatic heterocycles. The van der Waals surface area contributed by atoms with Crippen molar-refractivity contribution in [3.8, 4) is 11.3 Å². The Balaban J connectivity index is 1.96. The minimum Gasteiger partial charge on any atom is -0.443 e. The minimum absolute atomic E-state index is 0.0193. The van der Waals surface area contributed by atoms with Gasteiger partial charge in [0.15, 0.2) is 0 Å². The van der Waals surface area contributed by atoms with Crippen LogP contribution in [-0.4, -0.2) is 28.3 Å². The van der Waals surface area contributed by atoms with E-state index in [1.54, 1.807) is 17.2 Å². The van der Waals surface area contributed by atoms with Crippen molar-refractivity contribution >= 4 is 11.8 Å². The third-order valence-electron chi connectivity index (χ3n) is 3.92. The Morgan fingerprint density at radius 3 is 2.83 bits per heavy atom. The maximum Gasteiger partial charge on any atom is 0.414 e. The van der Waals surface area contributed by atoms with E-state index in [1.807, 2.05) is 45.0 Å². The molecule has 0 saturated carbocycles. The molecule has 1 amide bonds. The molecule has 0 radical (unpaired) electrons. The molecule has 1 aromatic carbocycles. The molecular weight excluding hydrogens is 304 g/mol. The van der Waals surface area contributed by atoms with Gasteiger partial charge in [-0.3, -0.25) is 9.88 Å². The summed E-state index contributed by atoms with van der Waals surface area (Å²) < 4.78 is 5.50. The lowest BCUT2D eigenvalue weighted by Gasteiger charge is -2.24. The quantitative estimate of drug-likeness (QED) is 0.917.